The normalized spacial score (nSPS) is 20.4. The molecule has 1 N–H and O–H groups in total. The highest BCUT2D eigenvalue weighted by atomic mass is 35.5. The van der Waals surface area contributed by atoms with Crippen molar-refractivity contribution in [2.75, 3.05) is 13.1 Å². The molecule has 2 fully saturated rings. The highest BCUT2D eigenvalue weighted by Gasteiger charge is 2.28. The maximum absolute atomic E-state index is 12.4. The molecule has 2 aliphatic heterocycles. The van der Waals surface area contributed by atoms with Crippen molar-refractivity contribution < 1.29 is 14.4 Å². The number of hydrogen-bond donors (Lipinski definition) is 1. The second kappa shape index (κ2) is 10.5. The summed E-state index contributed by atoms with van der Waals surface area (Å²) < 4.78 is 7.08. The van der Waals surface area contributed by atoms with Gasteiger partial charge in [-0.15, -0.1) is 11.3 Å². The number of rotatable bonds is 8. The van der Waals surface area contributed by atoms with Gasteiger partial charge in [0.05, 0.1) is 21.0 Å². The van der Waals surface area contributed by atoms with E-state index in [4.69, 9.17) is 26.6 Å². The lowest BCUT2D eigenvalue weighted by molar-refractivity contribution is 0.0720. The number of carbonyl (C=O) groups is 1. The molecule has 0 bridgehead atoms. The van der Waals surface area contributed by atoms with Crippen LogP contribution in [0.4, 0.5) is 0 Å². The third kappa shape index (κ3) is 5.31. The Morgan fingerprint density at radius 3 is 2.71 bits per heavy atom. The van der Waals surface area contributed by atoms with Gasteiger partial charge in [0.1, 0.15) is 17.7 Å². The van der Waals surface area contributed by atoms with Gasteiger partial charge in [0, 0.05) is 37.1 Å². The van der Waals surface area contributed by atoms with E-state index in [0.717, 1.165) is 61.4 Å². The third-order valence-electron chi connectivity index (χ3n) is 6.86. The average molecular weight is 500 g/mol. The lowest BCUT2D eigenvalue weighted by atomic mass is 9.99. The van der Waals surface area contributed by atoms with Crippen molar-refractivity contribution >= 4 is 40.3 Å². The van der Waals surface area contributed by atoms with E-state index < -0.39 is 0 Å². The SMILES string of the molecule is N=C(c1ccc(C2=NOC(CCC(=O)c3ccc(Cl)s3)C2)c(OC2CCCC2)c1)N1CCCC1. The molecule has 2 aromatic rings. The van der Waals surface area contributed by atoms with E-state index in [1.807, 2.05) is 18.2 Å². The number of ketones is 1. The summed E-state index contributed by atoms with van der Waals surface area (Å²) in [5.74, 6) is 1.44. The zero-order valence-electron chi connectivity index (χ0n) is 19.2. The smallest absolute Gasteiger partial charge is 0.172 e. The van der Waals surface area contributed by atoms with Crippen LogP contribution in [0.1, 0.15) is 78.6 Å². The van der Waals surface area contributed by atoms with Crippen molar-refractivity contribution in [3.8, 4) is 5.75 Å². The first kappa shape index (κ1) is 23.4. The van der Waals surface area contributed by atoms with E-state index in [-0.39, 0.29) is 18.0 Å². The van der Waals surface area contributed by atoms with Crippen molar-refractivity contribution in [2.24, 2.45) is 5.16 Å². The Hall–Kier alpha value is -2.38. The number of halogens is 1. The Morgan fingerprint density at radius 1 is 1.18 bits per heavy atom. The predicted molar refractivity (Wildman–Crippen MR) is 136 cm³/mol. The molecule has 1 aromatic heterocycles. The summed E-state index contributed by atoms with van der Waals surface area (Å²) in [6.45, 7) is 1.88. The lowest BCUT2D eigenvalue weighted by Crippen LogP contribution is -2.27. The van der Waals surface area contributed by atoms with E-state index in [2.05, 4.69) is 10.1 Å². The highest BCUT2D eigenvalue weighted by molar-refractivity contribution is 7.18. The fraction of sp³-hybridized carbons (Fsp3) is 0.500. The number of nitrogens with one attached hydrogen (secondary N) is 1. The first-order chi connectivity index (χ1) is 16.6. The molecule has 8 heteroatoms. The molecule has 1 unspecified atom stereocenters. The maximum Gasteiger partial charge on any atom is 0.172 e. The van der Waals surface area contributed by atoms with Crippen LogP contribution in [0.25, 0.3) is 0 Å². The molecule has 0 amide bonds. The number of hydrogen-bond acceptors (Lipinski definition) is 6. The van der Waals surface area contributed by atoms with E-state index in [9.17, 15) is 4.79 Å². The van der Waals surface area contributed by atoms with Crippen molar-refractivity contribution in [2.45, 2.75) is 70.0 Å². The molecule has 3 heterocycles. The van der Waals surface area contributed by atoms with E-state index in [0.29, 0.717) is 34.3 Å². The maximum atomic E-state index is 12.4. The van der Waals surface area contributed by atoms with Crippen molar-refractivity contribution in [1.82, 2.24) is 4.90 Å². The molecule has 6 nitrogen and oxygen atoms in total. The number of likely N-dealkylation sites (tertiary alicyclic amines) is 1. The van der Waals surface area contributed by atoms with E-state index in [1.54, 1.807) is 12.1 Å². The van der Waals surface area contributed by atoms with Crippen LogP contribution in [0.3, 0.4) is 0 Å². The van der Waals surface area contributed by atoms with Gasteiger partial charge in [0.25, 0.3) is 0 Å². The summed E-state index contributed by atoms with van der Waals surface area (Å²) in [4.78, 5) is 21.0. The number of Topliss-reactive ketones (excluding diaryl/α,β-unsaturated/α-hetero) is 1. The van der Waals surface area contributed by atoms with Crippen LogP contribution in [0.5, 0.6) is 5.75 Å². The number of benzene rings is 1. The molecule has 34 heavy (non-hydrogen) atoms. The lowest BCUT2D eigenvalue weighted by Gasteiger charge is -2.21. The standard InChI is InChI=1S/C26H30ClN3O3S/c27-25-12-11-24(34-25)22(31)10-8-19-16-21(29-33-19)20-9-7-17(26(28)30-13-3-4-14-30)15-23(20)32-18-5-1-2-6-18/h7,9,11-12,15,18-19,28H,1-6,8,10,13-14,16H2. The van der Waals surface area contributed by atoms with Gasteiger partial charge in [-0.3, -0.25) is 10.2 Å². The van der Waals surface area contributed by atoms with Crippen LogP contribution >= 0.6 is 22.9 Å². The molecule has 180 valence electrons. The summed E-state index contributed by atoms with van der Waals surface area (Å²) in [5, 5.41) is 13.0. The summed E-state index contributed by atoms with van der Waals surface area (Å²) in [7, 11) is 0. The molecule has 1 atom stereocenters. The minimum atomic E-state index is -0.128. The number of amidine groups is 1. The molecule has 1 saturated heterocycles. The Labute approximate surface area is 209 Å². The van der Waals surface area contributed by atoms with Gasteiger partial charge in [0.15, 0.2) is 5.78 Å². The van der Waals surface area contributed by atoms with Gasteiger partial charge in [-0.2, -0.15) is 0 Å². The Morgan fingerprint density at radius 2 is 1.97 bits per heavy atom. The molecule has 0 radical (unpaired) electrons. The van der Waals surface area contributed by atoms with Crippen molar-refractivity contribution in [1.29, 1.82) is 5.41 Å². The second-order valence-electron chi connectivity index (χ2n) is 9.31. The largest absolute Gasteiger partial charge is 0.490 e. The summed E-state index contributed by atoms with van der Waals surface area (Å²) in [6, 6.07) is 9.56. The number of ether oxygens (including phenoxy) is 1. The number of nitrogens with zero attached hydrogens (tertiary/aromatic N) is 2. The van der Waals surface area contributed by atoms with Crippen LogP contribution in [-0.2, 0) is 4.84 Å². The fourth-order valence-electron chi connectivity index (χ4n) is 4.94. The number of thiophene rings is 1. The molecular formula is C26H30ClN3O3S. The zero-order chi connectivity index (χ0) is 23.5. The molecule has 0 spiro atoms. The average Bonchev–Trinajstić information content (AvgIpc) is 3.65. The van der Waals surface area contributed by atoms with E-state index >= 15 is 0 Å². The van der Waals surface area contributed by atoms with Gasteiger partial charge in [-0.1, -0.05) is 22.8 Å². The highest BCUT2D eigenvalue weighted by Crippen LogP contribution is 2.32. The van der Waals surface area contributed by atoms with Crippen LogP contribution in [0.15, 0.2) is 35.5 Å². The topological polar surface area (TPSA) is 75.0 Å². The third-order valence-corrected chi connectivity index (χ3v) is 8.13. The quantitative estimate of drug-likeness (QED) is 0.263. The monoisotopic (exact) mass is 499 g/mol. The fourth-order valence-corrected chi connectivity index (χ4v) is 5.95. The van der Waals surface area contributed by atoms with Gasteiger partial charge >= 0.3 is 0 Å². The molecule has 1 aliphatic carbocycles. The van der Waals surface area contributed by atoms with Crippen LogP contribution in [0, 0.1) is 5.41 Å². The second-order valence-corrected chi connectivity index (χ2v) is 11.0. The number of carbonyl (C=O) groups excluding carboxylic acids is 1. The predicted octanol–water partition coefficient (Wildman–Crippen LogP) is 6.30. The molecule has 5 rings (SSSR count). The molecule has 1 aromatic carbocycles. The summed E-state index contributed by atoms with van der Waals surface area (Å²) >= 11 is 7.27. The van der Waals surface area contributed by atoms with Crippen molar-refractivity contribution in [3.05, 3.63) is 50.7 Å². The van der Waals surface area contributed by atoms with Gasteiger partial charge in [-0.05, 0) is 69.2 Å². The van der Waals surface area contributed by atoms with Crippen molar-refractivity contribution in [3.63, 3.8) is 0 Å². The minimum Gasteiger partial charge on any atom is -0.490 e. The summed E-state index contributed by atoms with van der Waals surface area (Å²) in [5.41, 5.74) is 2.67. The van der Waals surface area contributed by atoms with Crippen LogP contribution in [0.2, 0.25) is 4.34 Å². The molecule has 3 aliphatic rings. The summed E-state index contributed by atoms with van der Waals surface area (Å²) in [6.07, 6.45) is 8.54. The Kier molecular flexibility index (Phi) is 7.21. The number of oxime groups is 1. The Balaban J connectivity index is 1.27. The minimum absolute atomic E-state index is 0.0870. The van der Waals surface area contributed by atoms with Gasteiger partial charge in [-0.25, -0.2) is 0 Å². The van der Waals surface area contributed by atoms with Crippen LogP contribution in [-0.4, -0.2) is 47.5 Å². The van der Waals surface area contributed by atoms with Crippen LogP contribution < -0.4 is 4.74 Å². The van der Waals surface area contributed by atoms with Gasteiger partial charge in [0.2, 0.25) is 0 Å². The van der Waals surface area contributed by atoms with Gasteiger partial charge < -0.3 is 14.5 Å². The molecule has 1 saturated carbocycles. The van der Waals surface area contributed by atoms with E-state index in [1.165, 1.54) is 24.2 Å². The zero-order valence-corrected chi connectivity index (χ0v) is 20.8. The molecular weight excluding hydrogens is 470 g/mol. The first-order valence-electron chi connectivity index (χ1n) is 12.2. The first-order valence-corrected chi connectivity index (χ1v) is 13.4. The Bertz CT molecular complexity index is 1090.